The molecule has 2 aromatic carbocycles. The van der Waals surface area contributed by atoms with E-state index in [9.17, 15) is 9.18 Å². The zero-order chi connectivity index (χ0) is 15.6. The van der Waals surface area contributed by atoms with Crippen molar-refractivity contribution in [3.63, 3.8) is 0 Å². The third-order valence-corrected chi connectivity index (χ3v) is 3.69. The average molecular weight is 307 g/mol. The Hall–Kier alpha value is -2.07. The molecule has 0 heterocycles. The number of halogens is 2. The minimum atomic E-state index is -0.831. The zero-order valence-corrected chi connectivity index (χ0v) is 12.5. The number of nitrogens with one attached hydrogen (secondary N) is 1. The Bertz CT molecular complexity index is 668. The van der Waals surface area contributed by atoms with Crippen LogP contribution >= 0.6 is 11.6 Å². The first-order valence-corrected chi connectivity index (χ1v) is 6.81. The molecule has 2 rings (SSSR count). The largest absolute Gasteiger partial charge is 0.399 e. The molecule has 0 aliphatic heterocycles. The quantitative estimate of drug-likeness (QED) is 0.843. The maximum absolute atomic E-state index is 13.8. The van der Waals surface area contributed by atoms with Crippen LogP contribution in [0, 0.1) is 5.82 Å². The number of benzene rings is 2. The predicted octanol–water partition coefficient (Wildman–Crippen LogP) is 3.98. The molecule has 110 valence electrons. The Kier molecular flexibility index (Phi) is 4.19. The van der Waals surface area contributed by atoms with Gasteiger partial charge >= 0.3 is 0 Å². The van der Waals surface area contributed by atoms with Crippen molar-refractivity contribution in [1.82, 2.24) is 0 Å². The van der Waals surface area contributed by atoms with Gasteiger partial charge in [0.1, 0.15) is 0 Å². The Balaban J connectivity index is 2.26. The molecule has 1 amide bonds. The van der Waals surface area contributed by atoms with Crippen LogP contribution < -0.4 is 11.1 Å². The molecule has 0 unspecified atom stereocenters. The summed E-state index contributed by atoms with van der Waals surface area (Å²) in [4.78, 5) is 12.4. The van der Waals surface area contributed by atoms with Crippen molar-refractivity contribution in [2.75, 3.05) is 11.1 Å². The molecule has 0 radical (unpaired) electrons. The van der Waals surface area contributed by atoms with Gasteiger partial charge in [-0.05, 0) is 43.7 Å². The van der Waals surface area contributed by atoms with E-state index in [1.165, 1.54) is 12.1 Å². The van der Waals surface area contributed by atoms with E-state index in [4.69, 9.17) is 17.3 Å². The van der Waals surface area contributed by atoms with Gasteiger partial charge in [-0.2, -0.15) is 0 Å². The van der Waals surface area contributed by atoms with Crippen molar-refractivity contribution in [2.45, 2.75) is 19.3 Å². The highest BCUT2D eigenvalue weighted by Gasteiger charge is 2.30. The summed E-state index contributed by atoms with van der Waals surface area (Å²) in [6, 6.07) is 11.5. The van der Waals surface area contributed by atoms with Crippen molar-refractivity contribution >= 4 is 28.9 Å². The fourth-order valence-corrected chi connectivity index (χ4v) is 2.08. The van der Waals surface area contributed by atoms with Crippen molar-refractivity contribution < 1.29 is 9.18 Å². The van der Waals surface area contributed by atoms with Crippen LogP contribution in [0.5, 0.6) is 0 Å². The fraction of sp³-hybridized carbons (Fsp3) is 0.188. The standard InChI is InChI=1S/C16H16ClFN2O/c1-16(2,10-6-8-11(19)9-7-10)15(21)20-13-5-3-4-12(17)14(13)18/h3-9H,19H2,1-2H3,(H,20,21). The lowest BCUT2D eigenvalue weighted by Gasteiger charge is -2.24. The van der Waals surface area contributed by atoms with E-state index in [1.807, 2.05) is 0 Å². The molecular formula is C16H16ClFN2O. The maximum atomic E-state index is 13.8. The van der Waals surface area contributed by atoms with E-state index in [2.05, 4.69) is 5.32 Å². The summed E-state index contributed by atoms with van der Waals surface area (Å²) in [5.74, 6) is -0.964. The Morgan fingerprint density at radius 1 is 1.19 bits per heavy atom. The van der Waals surface area contributed by atoms with Gasteiger partial charge in [0.05, 0.1) is 16.1 Å². The molecule has 5 heteroatoms. The lowest BCUT2D eigenvalue weighted by atomic mass is 9.83. The van der Waals surface area contributed by atoms with Crippen LogP contribution in [-0.2, 0) is 10.2 Å². The van der Waals surface area contributed by atoms with Gasteiger partial charge in [0.15, 0.2) is 5.82 Å². The second kappa shape index (κ2) is 5.74. The second-order valence-corrected chi connectivity index (χ2v) is 5.71. The lowest BCUT2D eigenvalue weighted by Crippen LogP contribution is -2.35. The van der Waals surface area contributed by atoms with Crippen LogP contribution in [-0.4, -0.2) is 5.91 Å². The van der Waals surface area contributed by atoms with Crippen LogP contribution in [0.15, 0.2) is 42.5 Å². The summed E-state index contributed by atoms with van der Waals surface area (Å²) in [7, 11) is 0. The van der Waals surface area contributed by atoms with Gasteiger partial charge in [-0.1, -0.05) is 29.8 Å². The Labute approximate surface area is 127 Å². The molecule has 3 N–H and O–H groups in total. The van der Waals surface area contributed by atoms with Gasteiger partial charge in [-0.25, -0.2) is 4.39 Å². The zero-order valence-electron chi connectivity index (χ0n) is 11.8. The number of carbonyl (C=O) groups excluding carboxylic acids is 1. The first kappa shape index (κ1) is 15.3. The normalized spacial score (nSPS) is 11.2. The molecular weight excluding hydrogens is 291 g/mol. The van der Waals surface area contributed by atoms with Crippen LogP contribution in [0.4, 0.5) is 15.8 Å². The molecule has 0 saturated carbocycles. The van der Waals surface area contributed by atoms with Crippen molar-refractivity contribution in [3.8, 4) is 0 Å². The van der Waals surface area contributed by atoms with E-state index >= 15 is 0 Å². The first-order chi connectivity index (χ1) is 9.82. The minimum Gasteiger partial charge on any atom is -0.399 e. The minimum absolute atomic E-state index is 0.0295. The number of nitrogens with two attached hydrogens (primary N) is 1. The number of amides is 1. The van der Waals surface area contributed by atoms with Gasteiger partial charge in [0, 0.05) is 5.69 Å². The first-order valence-electron chi connectivity index (χ1n) is 6.44. The highest BCUT2D eigenvalue weighted by Crippen LogP contribution is 2.28. The fourth-order valence-electron chi connectivity index (χ4n) is 1.91. The van der Waals surface area contributed by atoms with Crippen molar-refractivity contribution in [1.29, 1.82) is 0 Å². The second-order valence-electron chi connectivity index (χ2n) is 5.30. The Morgan fingerprint density at radius 2 is 1.81 bits per heavy atom. The predicted molar refractivity (Wildman–Crippen MR) is 83.9 cm³/mol. The summed E-state index contributed by atoms with van der Waals surface area (Å²) in [6.45, 7) is 3.52. The van der Waals surface area contributed by atoms with Crippen molar-refractivity contribution in [2.24, 2.45) is 0 Å². The van der Waals surface area contributed by atoms with Gasteiger partial charge in [0.2, 0.25) is 5.91 Å². The number of nitrogen functional groups attached to an aromatic ring is 1. The molecule has 0 spiro atoms. The molecule has 0 aromatic heterocycles. The Morgan fingerprint density at radius 3 is 2.43 bits per heavy atom. The number of hydrogen-bond donors (Lipinski definition) is 2. The highest BCUT2D eigenvalue weighted by molar-refractivity contribution is 6.31. The summed E-state index contributed by atoms with van der Waals surface area (Å²) in [6.07, 6.45) is 0. The molecule has 21 heavy (non-hydrogen) atoms. The molecule has 0 aliphatic rings. The van der Waals surface area contributed by atoms with Gasteiger partial charge < -0.3 is 11.1 Å². The topological polar surface area (TPSA) is 55.1 Å². The van der Waals surface area contributed by atoms with E-state index in [0.717, 1.165) is 5.56 Å². The summed E-state index contributed by atoms with van der Waals surface area (Å²) in [5, 5.41) is 2.55. The molecule has 3 nitrogen and oxygen atoms in total. The molecule has 0 saturated heterocycles. The van der Waals surface area contributed by atoms with E-state index in [-0.39, 0.29) is 16.6 Å². The third kappa shape index (κ3) is 3.16. The van der Waals surface area contributed by atoms with Crippen LogP contribution in [0.1, 0.15) is 19.4 Å². The van der Waals surface area contributed by atoms with Gasteiger partial charge in [0.25, 0.3) is 0 Å². The average Bonchev–Trinajstić information content (AvgIpc) is 2.44. The third-order valence-electron chi connectivity index (χ3n) is 3.40. The van der Waals surface area contributed by atoms with E-state index < -0.39 is 11.2 Å². The molecule has 2 aromatic rings. The van der Waals surface area contributed by atoms with E-state index in [1.54, 1.807) is 44.2 Å². The monoisotopic (exact) mass is 306 g/mol. The number of anilines is 2. The highest BCUT2D eigenvalue weighted by atomic mass is 35.5. The van der Waals surface area contributed by atoms with Gasteiger partial charge in [-0.3, -0.25) is 4.79 Å². The van der Waals surface area contributed by atoms with Gasteiger partial charge in [-0.15, -0.1) is 0 Å². The number of hydrogen-bond acceptors (Lipinski definition) is 2. The molecule has 0 fully saturated rings. The smallest absolute Gasteiger partial charge is 0.234 e. The molecule has 0 bridgehead atoms. The van der Waals surface area contributed by atoms with Crippen LogP contribution in [0.2, 0.25) is 5.02 Å². The summed E-state index contributed by atoms with van der Waals surface area (Å²) < 4.78 is 13.8. The molecule has 0 aliphatic carbocycles. The number of carbonyl (C=O) groups is 1. The summed E-state index contributed by atoms with van der Waals surface area (Å²) >= 11 is 5.71. The SMILES string of the molecule is CC(C)(C(=O)Nc1cccc(Cl)c1F)c1ccc(N)cc1. The summed E-state index contributed by atoms with van der Waals surface area (Å²) in [5.41, 5.74) is 6.29. The van der Waals surface area contributed by atoms with E-state index in [0.29, 0.717) is 5.69 Å². The van der Waals surface area contributed by atoms with Crippen molar-refractivity contribution in [3.05, 3.63) is 58.9 Å². The molecule has 0 atom stereocenters. The lowest BCUT2D eigenvalue weighted by molar-refractivity contribution is -0.120. The maximum Gasteiger partial charge on any atom is 0.234 e. The van der Waals surface area contributed by atoms with Crippen LogP contribution in [0.3, 0.4) is 0 Å². The van der Waals surface area contributed by atoms with Crippen LogP contribution in [0.25, 0.3) is 0 Å². The number of rotatable bonds is 3.